The van der Waals surface area contributed by atoms with Crippen LogP contribution in [0.2, 0.25) is 0 Å². The second-order valence-corrected chi connectivity index (χ2v) is 5.40. The molecule has 0 bridgehead atoms. The number of hydrogen-bond acceptors (Lipinski definition) is 0. The molecule has 0 aliphatic rings. The first-order valence-corrected chi connectivity index (χ1v) is 6.57. The normalized spacial score (nSPS) is 11.0. The Morgan fingerprint density at radius 3 is 2.39 bits per heavy atom. The summed E-state index contributed by atoms with van der Waals surface area (Å²) in [6.07, 6.45) is 2.13. The zero-order chi connectivity index (χ0) is 13.3. The Morgan fingerprint density at radius 1 is 1.06 bits per heavy atom. The van der Waals surface area contributed by atoms with Gasteiger partial charge in [0.05, 0.1) is 0 Å². The highest BCUT2D eigenvalue weighted by Crippen LogP contribution is 2.28. The average molecular weight is 240 g/mol. The molecule has 0 amide bonds. The molecule has 0 radical (unpaired) electrons. The minimum Gasteiger partial charge on any atom is -0.201 e. The second kappa shape index (κ2) is 4.93. The first-order valence-electron chi connectivity index (χ1n) is 6.57. The van der Waals surface area contributed by atoms with Crippen LogP contribution in [0.25, 0.3) is 11.3 Å². The van der Waals surface area contributed by atoms with E-state index in [0.717, 1.165) is 0 Å². The predicted molar refractivity (Wildman–Crippen MR) is 76.6 cm³/mol. The van der Waals surface area contributed by atoms with E-state index in [1.807, 2.05) is 0 Å². The van der Waals surface area contributed by atoms with E-state index in [-0.39, 0.29) is 0 Å². The molecule has 0 unspecified atom stereocenters. The third kappa shape index (κ3) is 2.31. The van der Waals surface area contributed by atoms with Gasteiger partial charge in [-0.25, -0.2) is 4.57 Å². The van der Waals surface area contributed by atoms with Gasteiger partial charge in [0.1, 0.15) is 7.05 Å². The molecule has 0 aliphatic carbocycles. The Balaban J connectivity index is 2.70. The van der Waals surface area contributed by atoms with E-state index in [1.54, 1.807) is 0 Å². The lowest BCUT2D eigenvalue weighted by Gasteiger charge is -2.12. The molecule has 0 saturated carbocycles. The van der Waals surface area contributed by atoms with Gasteiger partial charge in [-0.3, -0.25) is 0 Å². The SMILES string of the molecule is Cc1ccc(-c2c(C(C)C)ccc[n+]2C)c(C)c1. The molecule has 18 heavy (non-hydrogen) atoms. The lowest BCUT2D eigenvalue weighted by atomic mass is 9.94. The van der Waals surface area contributed by atoms with Crippen LogP contribution in [-0.4, -0.2) is 0 Å². The van der Waals surface area contributed by atoms with Crippen molar-refractivity contribution in [3.05, 3.63) is 53.2 Å². The lowest BCUT2D eigenvalue weighted by molar-refractivity contribution is -0.660. The van der Waals surface area contributed by atoms with E-state index < -0.39 is 0 Å². The fourth-order valence-electron chi connectivity index (χ4n) is 2.52. The summed E-state index contributed by atoms with van der Waals surface area (Å²) in [5, 5.41) is 0. The Bertz CT molecular complexity index is 568. The Labute approximate surface area is 110 Å². The van der Waals surface area contributed by atoms with Crippen LogP contribution in [0.5, 0.6) is 0 Å². The molecular weight excluding hydrogens is 218 g/mol. The van der Waals surface area contributed by atoms with Crippen LogP contribution >= 0.6 is 0 Å². The number of pyridine rings is 1. The minimum absolute atomic E-state index is 0.535. The zero-order valence-corrected chi connectivity index (χ0v) is 12.0. The summed E-state index contributed by atoms with van der Waals surface area (Å²) in [4.78, 5) is 0. The average Bonchev–Trinajstić information content (AvgIpc) is 2.29. The van der Waals surface area contributed by atoms with Crippen molar-refractivity contribution in [1.82, 2.24) is 0 Å². The molecule has 94 valence electrons. The van der Waals surface area contributed by atoms with Crippen molar-refractivity contribution < 1.29 is 4.57 Å². The molecule has 1 aromatic carbocycles. The molecular formula is C17H22N+. The second-order valence-electron chi connectivity index (χ2n) is 5.40. The van der Waals surface area contributed by atoms with Gasteiger partial charge in [0.2, 0.25) is 5.69 Å². The number of benzene rings is 1. The van der Waals surface area contributed by atoms with Gasteiger partial charge in [0.15, 0.2) is 6.20 Å². The van der Waals surface area contributed by atoms with Gasteiger partial charge in [0, 0.05) is 17.2 Å². The molecule has 2 aromatic rings. The van der Waals surface area contributed by atoms with Crippen molar-refractivity contribution >= 4 is 0 Å². The fraction of sp³-hybridized carbons (Fsp3) is 0.353. The monoisotopic (exact) mass is 240 g/mol. The van der Waals surface area contributed by atoms with E-state index >= 15 is 0 Å². The predicted octanol–water partition coefficient (Wildman–Crippen LogP) is 3.92. The molecule has 0 spiro atoms. The third-order valence-corrected chi connectivity index (χ3v) is 3.47. The summed E-state index contributed by atoms with van der Waals surface area (Å²) < 4.78 is 2.23. The standard InChI is InChI=1S/C17H22N/c1-12(2)15-7-6-10-18(5)17(15)16-9-8-13(3)11-14(16)4/h6-12H,1-5H3/q+1. The maximum atomic E-state index is 2.26. The van der Waals surface area contributed by atoms with Gasteiger partial charge in [-0.2, -0.15) is 0 Å². The van der Waals surface area contributed by atoms with Crippen molar-refractivity contribution in [2.75, 3.05) is 0 Å². The van der Waals surface area contributed by atoms with Crippen LogP contribution in [0.4, 0.5) is 0 Å². The number of hydrogen-bond donors (Lipinski definition) is 0. The molecule has 0 fully saturated rings. The molecule has 1 heteroatoms. The van der Waals surface area contributed by atoms with E-state index in [2.05, 4.69) is 75.8 Å². The molecule has 1 nitrogen and oxygen atoms in total. The highest BCUT2D eigenvalue weighted by Gasteiger charge is 2.19. The van der Waals surface area contributed by atoms with Crippen LogP contribution < -0.4 is 4.57 Å². The molecule has 0 N–H and O–H groups in total. The van der Waals surface area contributed by atoms with Gasteiger partial charge in [-0.05, 0) is 37.5 Å². The highest BCUT2D eigenvalue weighted by atomic mass is 14.9. The summed E-state index contributed by atoms with van der Waals surface area (Å²) >= 11 is 0. The van der Waals surface area contributed by atoms with Gasteiger partial charge in [-0.1, -0.05) is 31.5 Å². The van der Waals surface area contributed by atoms with Crippen molar-refractivity contribution in [2.45, 2.75) is 33.6 Å². The van der Waals surface area contributed by atoms with Crippen LogP contribution in [-0.2, 0) is 7.05 Å². The van der Waals surface area contributed by atoms with E-state index in [1.165, 1.54) is 27.9 Å². The Hall–Kier alpha value is -1.63. The molecule has 0 aliphatic heterocycles. The van der Waals surface area contributed by atoms with Gasteiger partial charge in [-0.15, -0.1) is 0 Å². The number of aromatic nitrogens is 1. The van der Waals surface area contributed by atoms with E-state index in [0.29, 0.717) is 5.92 Å². The molecule has 2 rings (SSSR count). The zero-order valence-electron chi connectivity index (χ0n) is 12.0. The van der Waals surface area contributed by atoms with Gasteiger partial charge < -0.3 is 0 Å². The molecule has 0 atom stereocenters. The summed E-state index contributed by atoms with van der Waals surface area (Å²) in [7, 11) is 2.13. The Morgan fingerprint density at radius 2 is 1.78 bits per heavy atom. The van der Waals surface area contributed by atoms with Crippen LogP contribution in [0.15, 0.2) is 36.5 Å². The van der Waals surface area contributed by atoms with Crippen molar-refractivity contribution in [3.63, 3.8) is 0 Å². The van der Waals surface area contributed by atoms with Gasteiger partial charge in [0.25, 0.3) is 0 Å². The molecule has 1 aromatic heterocycles. The smallest absolute Gasteiger partial charge is 0.201 e. The molecule has 0 saturated heterocycles. The first-order chi connectivity index (χ1) is 8.50. The molecule has 1 heterocycles. The topological polar surface area (TPSA) is 3.88 Å². The van der Waals surface area contributed by atoms with Crippen LogP contribution in [0, 0.1) is 13.8 Å². The Kier molecular flexibility index (Phi) is 3.51. The van der Waals surface area contributed by atoms with Crippen molar-refractivity contribution in [1.29, 1.82) is 0 Å². The summed E-state index contributed by atoms with van der Waals surface area (Å²) in [6.45, 7) is 8.84. The summed E-state index contributed by atoms with van der Waals surface area (Å²) in [5.41, 5.74) is 6.75. The van der Waals surface area contributed by atoms with E-state index in [4.69, 9.17) is 0 Å². The summed E-state index contributed by atoms with van der Waals surface area (Å²) in [6, 6.07) is 11.1. The largest absolute Gasteiger partial charge is 0.215 e. The fourth-order valence-corrected chi connectivity index (χ4v) is 2.52. The third-order valence-electron chi connectivity index (χ3n) is 3.47. The number of aryl methyl sites for hydroxylation is 3. The van der Waals surface area contributed by atoms with E-state index in [9.17, 15) is 0 Å². The highest BCUT2D eigenvalue weighted by molar-refractivity contribution is 5.65. The quantitative estimate of drug-likeness (QED) is 0.701. The first kappa shape index (κ1) is 12.8. The minimum atomic E-state index is 0.535. The summed E-state index contributed by atoms with van der Waals surface area (Å²) in [5.74, 6) is 0.535. The van der Waals surface area contributed by atoms with Gasteiger partial charge >= 0.3 is 0 Å². The maximum absolute atomic E-state index is 2.26. The van der Waals surface area contributed by atoms with Crippen molar-refractivity contribution in [2.24, 2.45) is 7.05 Å². The van der Waals surface area contributed by atoms with Crippen LogP contribution in [0.3, 0.4) is 0 Å². The number of nitrogens with zero attached hydrogens (tertiary/aromatic N) is 1. The number of rotatable bonds is 2. The van der Waals surface area contributed by atoms with Crippen molar-refractivity contribution in [3.8, 4) is 11.3 Å². The van der Waals surface area contributed by atoms with Crippen LogP contribution in [0.1, 0.15) is 36.5 Å². The lowest BCUT2D eigenvalue weighted by Crippen LogP contribution is -2.32. The maximum Gasteiger partial charge on any atom is 0.215 e.